The standard InChI is InChI=1S/C13H15F2N3/c1-18-11-7-9(14)6-10(15)12(11)17-13(18)8-2-4-16-5-3-8/h6-8,16H,2-5H2,1H3. The highest BCUT2D eigenvalue weighted by atomic mass is 19.1. The molecule has 1 aromatic heterocycles. The van der Waals surface area contributed by atoms with Gasteiger partial charge in [0.05, 0.1) is 5.52 Å². The molecule has 1 aliphatic rings. The maximum Gasteiger partial charge on any atom is 0.153 e. The lowest BCUT2D eigenvalue weighted by molar-refractivity contribution is 0.438. The highest BCUT2D eigenvalue weighted by Gasteiger charge is 2.22. The fraction of sp³-hybridized carbons (Fsp3) is 0.462. The first-order valence-corrected chi connectivity index (χ1v) is 6.19. The topological polar surface area (TPSA) is 29.9 Å². The van der Waals surface area contributed by atoms with Crippen molar-refractivity contribution in [2.24, 2.45) is 7.05 Å². The lowest BCUT2D eigenvalue weighted by Gasteiger charge is -2.22. The monoisotopic (exact) mass is 251 g/mol. The van der Waals surface area contributed by atoms with E-state index in [4.69, 9.17) is 0 Å². The number of hydrogen-bond acceptors (Lipinski definition) is 2. The summed E-state index contributed by atoms with van der Waals surface area (Å²) in [6, 6.07) is 2.23. The van der Waals surface area contributed by atoms with Crippen molar-refractivity contribution in [3.63, 3.8) is 0 Å². The smallest absolute Gasteiger partial charge is 0.153 e. The van der Waals surface area contributed by atoms with E-state index in [0.29, 0.717) is 11.4 Å². The van der Waals surface area contributed by atoms with Crippen molar-refractivity contribution in [3.8, 4) is 0 Å². The van der Waals surface area contributed by atoms with Crippen molar-refractivity contribution in [2.45, 2.75) is 18.8 Å². The molecule has 0 radical (unpaired) electrons. The summed E-state index contributed by atoms with van der Waals surface area (Å²) in [6.07, 6.45) is 1.97. The molecular weight excluding hydrogens is 236 g/mol. The largest absolute Gasteiger partial charge is 0.331 e. The molecule has 2 aromatic rings. The predicted octanol–water partition coefficient (Wildman–Crippen LogP) is 2.32. The Bertz CT molecular complexity index is 585. The van der Waals surface area contributed by atoms with Crippen LogP contribution in [0.2, 0.25) is 0 Å². The molecule has 3 rings (SSSR count). The molecule has 0 bridgehead atoms. The van der Waals surface area contributed by atoms with Crippen LogP contribution >= 0.6 is 0 Å². The van der Waals surface area contributed by atoms with Crippen LogP contribution in [-0.2, 0) is 7.05 Å². The van der Waals surface area contributed by atoms with Crippen LogP contribution in [0, 0.1) is 11.6 Å². The SMILES string of the molecule is Cn1c(C2CCNCC2)nc2c(F)cc(F)cc21. The highest BCUT2D eigenvalue weighted by Crippen LogP contribution is 2.28. The molecule has 0 amide bonds. The lowest BCUT2D eigenvalue weighted by Crippen LogP contribution is -2.27. The minimum atomic E-state index is -0.583. The summed E-state index contributed by atoms with van der Waals surface area (Å²) in [4.78, 5) is 4.37. The van der Waals surface area contributed by atoms with Crippen molar-refractivity contribution in [1.82, 2.24) is 14.9 Å². The Morgan fingerprint density at radius 1 is 1.28 bits per heavy atom. The van der Waals surface area contributed by atoms with Gasteiger partial charge in [0.2, 0.25) is 0 Å². The molecule has 0 atom stereocenters. The Balaban J connectivity index is 2.13. The van der Waals surface area contributed by atoms with Gasteiger partial charge in [-0.25, -0.2) is 13.8 Å². The Kier molecular flexibility index (Phi) is 2.78. The molecule has 96 valence electrons. The third-order valence-electron chi connectivity index (χ3n) is 3.64. The van der Waals surface area contributed by atoms with Crippen molar-refractivity contribution >= 4 is 11.0 Å². The Morgan fingerprint density at radius 3 is 2.72 bits per heavy atom. The number of nitrogens with zero attached hydrogens (tertiary/aromatic N) is 2. The number of imidazole rings is 1. The average molecular weight is 251 g/mol. The van der Waals surface area contributed by atoms with Crippen LogP contribution in [-0.4, -0.2) is 22.6 Å². The summed E-state index contributed by atoms with van der Waals surface area (Å²) in [5.41, 5.74) is 0.800. The lowest BCUT2D eigenvalue weighted by atomic mass is 9.97. The van der Waals surface area contributed by atoms with Gasteiger partial charge in [-0.15, -0.1) is 0 Å². The molecule has 0 spiro atoms. The van der Waals surface area contributed by atoms with Gasteiger partial charge in [-0.05, 0) is 32.0 Å². The zero-order valence-electron chi connectivity index (χ0n) is 10.2. The number of aromatic nitrogens is 2. The third-order valence-corrected chi connectivity index (χ3v) is 3.64. The van der Waals surface area contributed by atoms with Gasteiger partial charge >= 0.3 is 0 Å². The first-order valence-electron chi connectivity index (χ1n) is 6.19. The number of fused-ring (bicyclic) bond motifs is 1. The van der Waals surface area contributed by atoms with E-state index in [1.165, 1.54) is 6.07 Å². The van der Waals surface area contributed by atoms with E-state index in [1.54, 1.807) is 0 Å². The fourth-order valence-corrected chi connectivity index (χ4v) is 2.68. The van der Waals surface area contributed by atoms with Crippen LogP contribution in [0.15, 0.2) is 12.1 Å². The van der Waals surface area contributed by atoms with Crippen LogP contribution in [0.4, 0.5) is 8.78 Å². The van der Waals surface area contributed by atoms with Crippen LogP contribution in [0.3, 0.4) is 0 Å². The molecule has 1 saturated heterocycles. The van der Waals surface area contributed by atoms with Crippen molar-refractivity contribution in [3.05, 3.63) is 29.6 Å². The summed E-state index contributed by atoms with van der Waals surface area (Å²) < 4.78 is 28.7. The molecule has 18 heavy (non-hydrogen) atoms. The van der Waals surface area contributed by atoms with Crippen LogP contribution in [0.1, 0.15) is 24.6 Å². The Hall–Kier alpha value is -1.49. The number of aryl methyl sites for hydroxylation is 1. The van der Waals surface area contributed by atoms with E-state index in [2.05, 4.69) is 10.3 Å². The molecule has 1 fully saturated rings. The molecule has 5 heteroatoms. The molecule has 1 aliphatic heterocycles. The summed E-state index contributed by atoms with van der Waals surface area (Å²) in [5.74, 6) is 0.0442. The van der Waals surface area contributed by atoms with E-state index >= 15 is 0 Å². The summed E-state index contributed by atoms with van der Waals surface area (Å²) in [5, 5.41) is 3.29. The quantitative estimate of drug-likeness (QED) is 0.843. The molecule has 1 N–H and O–H groups in total. The van der Waals surface area contributed by atoms with Gasteiger partial charge in [0.25, 0.3) is 0 Å². The van der Waals surface area contributed by atoms with Crippen LogP contribution in [0.5, 0.6) is 0 Å². The van der Waals surface area contributed by atoms with Gasteiger partial charge in [-0.3, -0.25) is 0 Å². The number of rotatable bonds is 1. The maximum atomic E-state index is 13.7. The van der Waals surface area contributed by atoms with Crippen LogP contribution in [0.25, 0.3) is 11.0 Å². The van der Waals surface area contributed by atoms with E-state index < -0.39 is 11.6 Å². The van der Waals surface area contributed by atoms with Gasteiger partial charge in [-0.1, -0.05) is 0 Å². The molecule has 3 nitrogen and oxygen atoms in total. The average Bonchev–Trinajstić information content (AvgIpc) is 2.69. The van der Waals surface area contributed by atoms with Gasteiger partial charge in [0.15, 0.2) is 5.82 Å². The number of benzene rings is 1. The molecule has 0 aliphatic carbocycles. The van der Waals surface area contributed by atoms with E-state index in [0.717, 1.165) is 37.8 Å². The van der Waals surface area contributed by atoms with Crippen LogP contribution < -0.4 is 5.32 Å². The van der Waals surface area contributed by atoms with E-state index in [9.17, 15) is 8.78 Å². The number of nitrogens with one attached hydrogen (secondary N) is 1. The van der Waals surface area contributed by atoms with Gasteiger partial charge in [-0.2, -0.15) is 0 Å². The van der Waals surface area contributed by atoms with Gasteiger partial charge < -0.3 is 9.88 Å². The Labute approximate surface area is 104 Å². The molecule has 0 unspecified atom stereocenters. The molecular formula is C13H15F2N3. The van der Waals surface area contributed by atoms with Crippen molar-refractivity contribution in [2.75, 3.05) is 13.1 Å². The molecule has 0 saturated carbocycles. The van der Waals surface area contributed by atoms with Gasteiger partial charge in [0, 0.05) is 19.0 Å². The first kappa shape index (κ1) is 11.6. The van der Waals surface area contributed by atoms with E-state index in [1.807, 2.05) is 11.6 Å². The number of halogens is 2. The summed E-state index contributed by atoms with van der Waals surface area (Å²) >= 11 is 0. The minimum Gasteiger partial charge on any atom is -0.331 e. The Morgan fingerprint density at radius 2 is 2.00 bits per heavy atom. The molecule has 2 heterocycles. The first-order chi connectivity index (χ1) is 8.66. The fourth-order valence-electron chi connectivity index (χ4n) is 2.68. The van der Waals surface area contributed by atoms with Crippen molar-refractivity contribution < 1.29 is 8.78 Å². The second kappa shape index (κ2) is 4.31. The summed E-state index contributed by atoms with van der Waals surface area (Å²) in [7, 11) is 1.82. The minimum absolute atomic E-state index is 0.271. The zero-order chi connectivity index (χ0) is 12.7. The summed E-state index contributed by atoms with van der Waals surface area (Å²) in [6.45, 7) is 1.90. The molecule has 1 aromatic carbocycles. The highest BCUT2D eigenvalue weighted by molar-refractivity contribution is 5.76. The number of hydrogen-bond donors (Lipinski definition) is 1. The third kappa shape index (κ3) is 1.79. The number of piperidine rings is 1. The second-order valence-electron chi connectivity index (χ2n) is 4.81. The normalized spacial score (nSPS) is 17.5. The predicted molar refractivity (Wildman–Crippen MR) is 65.5 cm³/mol. The van der Waals surface area contributed by atoms with E-state index in [-0.39, 0.29) is 5.52 Å². The zero-order valence-corrected chi connectivity index (χ0v) is 10.2. The van der Waals surface area contributed by atoms with Gasteiger partial charge in [0.1, 0.15) is 17.2 Å². The maximum absolute atomic E-state index is 13.7. The second-order valence-corrected chi connectivity index (χ2v) is 4.81. The van der Waals surface area contributed by atoms with Crippen molar-refractivity contribution in [1.29, 1.82) is 0 Å².